The number of ether oxygens (including phenoxy) is 1. The Morgan fingerprint density at radius 2 is 0.854 bits per heavy atom. The number of aliphatic hydroxyl groups is 6. The van der Waals surface area contributed by atoms with Gasteiger partial charge in [0.25, 0.3) is 0 Å². The van der Waals surface area contributed by atoms with Crippen LogP contribution in [0.15, 0.2) is 12.2 Å². The molecule has 9 nitrogen and oxygen atoms in total. The van der Waals surface area contributed by atoms with Crippen LogP contribution in [0.5, 0.6) is 0 Å². The molecular weight excluding hydrogens is 528 g/mol. The van der Waals surface area contributed by atoms with Gasteiger partial charge in [0.2, 0.25) is 0 Å². The summed E-state index contributed by atoms with van der Waals surface area (Å²) in [5.74, 6) is -0.656. The zero-order valence-corrected chi connectivity index (χ0v) is 26.0. The van der Waals surface area contributed by atoms with Gasteiger partial charge in [-0.25, -0.2) is 0 Å². The predicted molar refractivity (Wildman–Crippen MR) is 164 cm³/mol. The van der Waals surface area contributed by atoms with Gasteiger partial charge in [-0.2, -0.15) is 0 Å². The van der Waals surface area contributed by atoms with Crippen LogP contribution in [0.4, 0.5) is 0 Å². The fourth-order valence-corrected chi connectivity index (χ4v) is 4.11. The third-order valence-electron chi connectivity index (χ3n) is 7.48. The van der Waals surface area contributed by atoms with Gasteiger partial charge in [0.15, 0.2) is 0 Å². The number of hydrogen-bond acceptors (Lipinski definition) is 8. The van der Waals surface area contributed by atoms with E-state index in [4.69, 9.17) is 40.5 Å². The number of aliphatic carboxylic acids is 1. The lowest BCUT2D eigenvalue weighted by Gasteiger charge is -2.31. The van der Waals surface area contributed by atoms with E-state index in [2.05, 4.69) is 19.1 Å². The molecule has 0 saturated heterocycles. The highest BCUT2D eigenvalue weighted by Gasteiger charge is 2.32. The van der Waals surface area contributed by atoms with Crippen molar-refractivity contribution in [3.63, 3.8) is 0 Å². The van der Waals surface area contributed by atoms with Crippen LogP contribution in [0, 0.1) is 10.8 Å². The highest BCUT2D eigenvalue weighted by atomic mass is 16.5. The molecule has 0 rings (SSSR count). The lowest BCUT2D eigenvalue weighted by Crippen LogP contribution is -2.43. The van der Waals surface area contributed by atoms with Crippen LogP contribution in [0.3, 0.4) is 0 Å². The Labute approximate surface area is 249 Å². The Balaban J connectivity index is 0. The van der Waals surface area contributed by atoms with Crippen LogP contribution in [-0.2, 0) is 9.53 Å². The van der Waals surface area contributed by atoms with Crippen LogP contribution >= 0.6 is 0 Å². The van der Waals surface area contributed by atoms with E-state index in [1.54, 1.807) is 0 Å². The van der Waals surface area contributed by atoms with Gasteiger partial charge >= 0.3 is 5.97 Å². The van der Waals surface area contributed by atoms with Crippen molar-refractivity contribution >= 4 is 5.97 Å². The second-order valence-electron chi connectivity index (χ2n) is 11.6. The van der Waals surface area contributed by atoms with E-state index in [-0.39, 0.29) is 13.2 Å². The molecule has 0 aliphatic carbocycles. The summed E-state index contributed by atoms with van der Waals surface area (Å²) in [6.07, 6.45) is 27.1. The van der Waals surface area contributed by atoms with Gasteiger partial charge in [-0.15, -0.1) is 0 Å². The van der Waals surface area contributed by atoms with Gasteiger partial charge in [-0.05, 0) is 32.1 Å². The minimum Gasteiger partial charge on any atom is -0.481 e. The average Bonchev–Trinajstić information content (AvgIpc) is 2.99. The Bertz CT molecular complexity index is 539. The highest BCUT2D eigenvalue weighted by Crippen LogP contribution is 2.20. The number of aliphatic hydroxyl groups excluding tert-OH is 6. The molecule has 0 radical (unpaired) electrons. The molecule has 9 heteroatoms. The van der Waals surface area contributed by atoms with E-state index in [1.807, 2.05) is 0 Å². The summed E-state index contributed by atoms with van der Waals surface area (Å²) in [5, 5.41) is 62.7. The monoisotopic (exact) mass is 592 g/mol. The molecule has 0 bridgehead atoms. The van der Waals surface area contributed by atoms with Crippen molar-refractivity contribution in [2.45, 2.75) is 122 Å². The van der Waals surface area contributed by atoms with Gasteiger partial charge in [-0.1, -0.05) is 96.1 Å². The zero-order valence-electron chi connectivity index (χ0n) is 26.0. The van der Waals surface area contributed by atoms with Crippen molar-refractivity contribution in [2.75, 3.05) is 52.9 Å². The molecule has 0 aliphatic heterocycles. The van der Waals surface area contributed by atoms with Gasteiger partial charge in [0, 0.05) is 6.42 Å². The molecule has 0 aromatic rings. The Morgan fingerprint density at radius 1 is 0.537 bits per heavy atom. The predicted octanol–water partition coefficient (Wildman–Crippen LogP) is 4.60. The standard InChI is InChI=1S/C22H42O2.C10H22O7/c1-2-3-4-5-6-7-8-9-10-11-12-13-14-15-16-17-18-19-20-21-22(23)24;11-1-9(2-12,3-13)7-17-8-10(4-14,5-15)6-16/h9-10H,2-8,11-21H2,1H3,(H,23,24);11-16H,1-8H2/b10-9-;. The van der Waals surface area contributed by atoms with Crippen LogP contribution < -0.4 is 0 Å². The van der Waals surface area contributed by atoms with Crippen LogP contribution in [-0.4, -0.2) is 94.6 Å². The minimum atomic E-state index is -1.16. The summed E-state index contributed by atoms with van der Waals surface area (Å²) < 4.78 is 5.15. The fraction of sp³-hybridized carbons (Fsp3) is 0.906. The molecule has 0 aromatic carbocycles. The summed E-state index contributed by atoms with van der Waals surface area (Å²) in [4.78, 5) is 10.4. The topological polar surface area (TPSA) is 168 Å². The lowest BCUT2D eigenvalue weighted by molar-refractivity contribution is -0.137. The van der Waals surface area contributed by atoms with Gasteiger partial charge < -0.3 is 40.5 Å². The van der Waals surface area contributed by atoms with Crippen LogP contribution in [0.1, 0.15) is 122 Å². The molecule has 246 valence electrons. The van der Waals surface area contributed by atoms with Gasteiger partial charge in [0.1, 0.15) is 0 Å². The summed E-state index contributed by atoms with van der Waals surface area (Å²) in [5.41, 5.74) is -2.32. The first-order chi connectivity index (χ1) is 19.8. The minimum absolute atomic E-state index is 0.141. The maximum absolute atomic E-state index is 10.4. The number of allylic oxidation sites excluding steroid dienone is 2. The number of carboxylic acid groups (broad SMARTS) is 1. The molecule has 0 spiro atoms. The summed E-state index contributed by atoms with van der Waals surface area (Å²) in [7, 11) is 0. The van der Waals surface area contributed by atoms with Gasteiger partial charge in [0.05, 0.1) is 63.7 Å². The van der Waals surface area contributed by atoms with Crippen LogP contribution in [0.25, 0.3) is 0 Å². The maximum Gasteiger partial charge on any atom is 0.303 e. The largest absolute Gasteiger partial charge is 0.481 e. The van der Waals surface area contributed by atoms with Crippen molar-refractivity contribution in [1.29, 1.82) is 0 Å². The summed E-state index contributed by atoms with van der Waals surface area (Å²) in [6, 6.07) is 0. The summed E-state index contributed by atoms with van der Waals surface area (Å²) in [6.45, 7) is -0.733. The van der Waals surface area contributed by atoms with Crippen molar-refractivity contribution < 1.29 is 45.3 Å². The Kier molecular flexibility index (Phi) is 31.2. The number of hydrogen-bond donors (Lipinski definition) is 7. The Hall–Kier alpha value is -1.07. The number of carbonyl (C=O) groups is 1. The van der Waals surface area contributed by atoms with Gasteiger partial charge in [-0.3, -0.25) is 4.79 Å². The molecule has 0 heterocycles. The van der Waals surface area contributed by atoms with E-state index in [1.165, 1.54) is 96.3 Å². The molecular formula is C32H64O9. The van der Waals surface area contributed by atoms with Crippen molar-refractivity contribution in [1.82, 2.24) is 0 Å². The van der Waals surface area contributed by atoms with E-state index >= 15 is 0 Å². The van der Waals surface area contributed by atoms with E-state index in [9.17, 15) is 4.79 Å². The third-order valence-corrected chi connectivity index (χ3v) is 7.48. The number of rotatable bonds is 29. The van der Waals surface area contributed by atoms with E-state index in [0.29, 0.717) is 6.42 Å². The first-order valence-electron chi connectivity index (χ1n) is 15.9. The highest BCUT2D eigenvalue weighted by molar-refractivity contribution is 5.66. The van der Waals surface area contributed by atoms with E-state index in [0.717, 1.165) is 12.8 Å². The van der Waals surface area contributed by atoms with Crippen molar-refractivity contribution in [3.05, 3.63) is 12.2 Å². The molecule has 0 unspecified atom stereocenters. The molecule has 0 fully saturated rings. The lowest BCUT2D eigenvalue weighted by atomic mass is 9.91. The van der Waals surface area contributed by atoms with Crippen molar-refractivity contribution in [3.8, 4) is 0 Å². The number of carboxylic acids is 1. The third kappa shape index (κ3) is 25.2. The molecule has 0 aromatic heterocycles. The first-order valence-corrected chi connectivity index (χ1v) is 15.9. The first kappa shape index (κ1) is 42.1. The Morgan fingerprint density at radius 3 is 1.17 bits per heavy atom. The molecule has 0 atom stereocenters. The van der Waals surface area contributed by atoms with Crippen molar-refractivity contribution in [2.24, 2.45) is 10.8 Å². The molecule has 7 N–H and O–H groups in total. The molecule has 0 aliphatic rings. The second-order valence-corrected chi connectivity index (χ2v) is 11.6. The zero-order chi connectivity index (χ0) is 31.1. The van der Waals surface area contributed by atoms with E-state index < -0.39 is 56.4 Å². The second kappa shape index (κ2) is 30.4. The molecule has 41 heavy (non-hydrogen) atoms. The quantitative estimate of drug-likeness (QED) is 0.0485. The molecule has 0 saturated carbocycles. The maximum atomic E-state index is 10.4. The smallest absolute Gasteiger partial charge is 0.303 e. The average molecular weight is 593 g/mol. The SMILES string of the molecule is CCCCCCCC/C=C\CCCCCCCCCCCC(=O)O.OCC(CO)(CO)COCC(CO)(CO)CO. The molecule has 0 amide bonds. The summed E-state index contributed by atoms with van der Waals surface area (Å²) >= 11 is 0. The normalized spacial score (nSPS) is 12.1. The van der Waals surface area contributed by atoms with Crippen LogP contribution in [0.2, 0.25) is 0 Å². The number of unbranched alkanes of at least 4 members (excludes halogenated alkanes) is 15. The fourth-order valence-electron chi connectivity index (χ4n) is 4.11.